The molecule has 0 aromatic heterocycles. The minimum atomic E-state index is -0.335. The average Bonchev–Trinajstić information content (AvgIpc) is 2.57. The third kappa shape index (κ3) is 8.02. The maximum Gasteiger partial charge on any atom is 0.338 e. The van der Waals surface area contributed by atoms with E-state index in [9.17, 15) is 4.79 Å². The van der Waals surface area contributed by atoms with Gasteiger partial charge in [-0.2, -0.15) is 0 Å². The van der Waals surface area contributed by atoms with Gasteiger partial charge in [0.1, 0.15) is 5.75 Å². The first-order valence-corrected chi connectivity index (χ1v) is 7.78. The number of aliphatic hydroxyl groups excluding tert-OH is 1. The summed E-state index contributed by atoms with van der Waals surface area (Å²) in [6.07, 6.45) is 2.65. The molecule has 0 spiro atoms. The van der Waals surface area contributed by atoms with E-state index < -0.39 is 0 Å². The number of hydrogen-bond acceptors (Lipinski definition) is 4. The molecule has 2 rings (SSSR count). The molecule has 124 valence electrons. The Bertz CT molecular complexity index is 549. The van der Waals surface area contributed by atoms with Crippen LogP contribution in [-0.4, -0.2) is 29.4 Å². The monoisotopic (exact) mass is 316 g/mol. The van der Waals surface area contributed by atoms with E-state index in [1.54, 1.807) is 12.1 Å². The second-order valence-electron chi connectivity index (χ2n) is 5.00. The fourth-order valence-corrected chi connectivity index (χ4v) is 1.76. The third-order valence-electron chi connectivity index (χ3n) is 3.08. The maximum atomic E-state index is 11.3. The van der Waals surface area contributed by atoms with Crippen molar-refractivity contribution in [1.29, 1.82) is 0 Å². The number of rotatable bonds is 6. The van der Waals surface area contributed by atoms with E-state index >= 15 is 0 Å². The molecule has 0 aliphatic heterocycles. The first-order chi connectivity index (χ1) is 11.2. The van der Waals surface area contributed by atoms with Crippen molar-refractivity contribution in [3.63, 3.8) is 0 Å². The minimum Gasteiger partial charge on any atom is -0.508 e. The zero-order valence-electron chi connectivity index (χ0n) is 13.4. The summed E-state index contributed by atoms with van der Waals surface area (Å²) >= 11 is 0. The molecule has 0 heterocycles. The van der Waals surface area contributed by atoms with Gasteiger partial charge in [-0.25, -0.2) is 4.79 Å². The summed E-state index contributed by atoms with van der Waals surface area (Å²) in [5.41, 5.74) is 1.67. The number of unbranched alkanes of at least 4 members (excludes halogenated alkanes) is 1. The molecule has 4 heteroatoms. The summed E-state index contributed by atoms with van der Waals surface area (Å²) in [7, 11) is 0. The number of phenolic OH excluding ortho intramolecular Hbond substituents is 1. The van der Waals surface area contributed by atoms with Crippen LogP contribution in [0.2, 0.25) is 0 Å². The maximum absolute atomic E-state index is 11.3. The summed E-state index contributed by atoms with van der Waals surface area (Å²) in [5.74, 6) is -0.187. The van der Waals surface area contributed by atoms with Gasteiger partial charge in [0.2, 0.25) is 0 Å². The van der Waals surface area contributed by atoms with Gasteiger partial charge in [0, 0.05) is 6.61 Å². The van der Waals surface area contributed by atoms with Gasteiger partial charge in [-0.15, -0.1) is 0 Å². The fourth-order valence-electron chi connectivity index (χ4n) is 1.76. The highest BCUT2D eigenvalue weighted by Crippen LogP contribution is 2.10. The Morgan fingerprint density at radius 3 is 2.26 bits per heavy atom. The van der Waals surface area contributed by atoms with Crippen LogP contribution in [0.15, 0.2) is 54.6 Å². The average molecular weight is 316 g/mol. The van der Waals surface area contributed by atoms with Crippen molar-refractivity contribution in [3.05, 3.63) is 65.7 Å². The lowest BCUT2D eigenvalue weighted by Crippen LogP contribution is -2.05. The molecule has 0 atom stereocenters. The molecular formula is C19H24O4. The highest BCUT2D eigenvalue weighted by molar-refractivity contribution is 5.89. The Hall–Kier alpha value is -2.33. The molecule has 0 radical (unpaired) electrons. The quantitative estimate of drug-likeness (QED) is 0.631. The van der Waals surface area contributed by atoms with Crippen molar-refractivity contribution in [1.82, 2.24) is 0 Å². The summed E-state index contributed by atoms with van der Waals surface area (Å²) in [4.78, 5) is 11.3. The lowest BCUT2D eigenvalue weighted by Gasteiger charge is -2.03. The predicted octanol–water partition coefficient (Wildman–Crippen LogP) is 3.57. The zero-order chi connectivity index (χ0) is 16.9. The molecule has 2 aromatic rings. The van der Waals surface area contributed by atoms with Crippen LogP contribution in [0.3, 0.4) is 0 Å². The van der Waals surface area contributed by atoms with Crippen LogP contribution in [0.25, 0.3) is 0 Å². The number of carbonyl (C=O) groups excluding carboxylic acids is 1. The third-order valence-corrected chi connectivity index (χ3v) is 3.08. The second kappa shape index (κ2) is 11.3. The first-order valence-electron chi connectivity index (χ1n) is 7.78. The normalized spacial score (nSPS) is 9.65. The molecule has 0 unspecified atom stereocenters. The van der Waals surface area contributed by atoms with Crippen molar-refractivity contribution >= 4 is 5.97 Å². The van der Waals surface area contributed by atoms with Gasteiger partial charge in [0.25, 0.3) is 0 Å². The highest BCUT2D eigenvalue weighted by Gasteiger charge is 2.05. The molecule has 2 aromatic carbocycles. The van der Waals surface area contributed by atoms with Crippen LogP contribution in [0.1, 0.15) is 35.7 Å². The fraction of sp³-hybridized carbons (Fsp3) is 0.316. The van der Waals surface area contributed by atoms with Gasteiger partial charge in [-0.1, -0.05) is 43.7 Å². The minimum absolute atomic E-state index is 0.148. The molecule has 0 aliphatic carbocycles. The number of hydrogen-bond donors (Lipinski definition) is 2. The molecule has 0 saturated carbocycles. The van der Waals surface area contributed by atoms with Crippen LogP contribution >= 0.6 is 0 Å². The van der Waals surface area contributed by atoms with E-state index in [-0.39, 0.29) is 18.3 Å². The molecule has 0 saturated heterocycles. The summed E-state index contributed by atoms with van der Waals surface area (Å²) in [5, 5.41) is 17.5. The van der Waals surface area contributed by atoms with Crippen molar-refractivity contribution in [2.75, 3.05) is 13.2 Å². The predicted molar refractivity (Wildman–Crippen MR) is 90.5 cm³/mol. The van der Waals surface area contributed by atoms with E-state index in [4.69, 9.17) is 14.9 Å². The lowest BCUT2D eigenvalue weighted by molar-refractivity contribution is 0.0499. The van der Waals surface area contributed by atoms with E-state index in [1.807, 2.05) is 37.3 Å². The second-order valence-corrected chi connectivity index (χ2v) is 5.00. The van der Waals surface area contributed by atoms with Crippen molar-refractivity contribution in [2.45, 2.75) is 26.2 Å². The lowest BCUT2D eigenvalue weighted by atomic mass is 10.2. The number of aliphatic hydroxyl groups is 1. The summed E-state index contributed by atoms with van der Waals surface area (Å²) < 4.78 is 4.99. The number of benzene rings is 2. The highest BCUT2D eigenvalue weighted by atomic mass is 16.5. The Morgan fingerprint density at radius 1 is 1.04 bits per heavy atom. The Balaban J connectivity index is 0.000000253. The van der Waals surface area contributed by atoms with E-state index in [1.165, 1.54) is 17.7 Å². The molecule has 2 N–H and O–H groups in total. The summed E-state index contributed by atoms with van der Waals surface area (Å²) in [6.45, 7) is 2.73. The number of ether oxygens (including phenoxy) is 1. The number of aromatic hydroxyl groups is 1. The molecular weight excluding hydrogens is 292 g/mol. The van der Waals surface area contributed by atoms with Crippen molar-refractivity contribution in [2.24, 2.45) is 0 Å². The molecule has 0 fully saturated rings. The molecule has 0 bridgehead atoms. The van der Waals surface area contributed by atoms with E-state index in [2.05, 4.69) is 0 Å². The van der Waals surface area contributed by atoms with Crippen molar-refractivity contribution in [3.8, 4) is 5.75 Å². The van der Waals surface area contributed by atoms with Gasteiger partial charge in [0.15, 0.2) is 0 Å². The largest absolute Gasteiger partial charge is 0.508 e. The molecule has 23 heavy (non-hydrogen) atoms. The molecule has 4 nitrogen and oxygen atoms in total. The van der Waals surface area contributed by atoms with E-state index in [0.717, 1.165) is 19.3 Å². The topological polar surface area (TPSA) is 66.8 Å². The van der Waals surface area contributed by atoms with Crippen LogP contribution in [-0.2, 0) is 11.2 Å². The van der Waals surface area contributed by atoms with Gasteiger partial charge < -0.3 is 14.9 Å². The first kappa shape index (κ1) is 18.7. The SMILES string of the molecule is CCCCOC(=O)c1ccc(O)cc1.OCCc1ccccc1. The van der Waals surface area contributed by atoms with Gasteiger partial charge >= 0.3 is 5.97 Å². The smallest absolute Gasteiger partial charge is 0.338 e. The van der Waals surface area contributed by atoms with Crippen LogP contribution in [0.5, 0.6) is 5.75 Å². The Morgan fingerprint density at radius 2 is 1.70 bits per heavy atom. The molecule has 0 aliphatic rings. The Kier molecular flexibility index (Phi) is 9.17. The summed E-state index contributed by atoms with van der Waals surface area (Å²) in [6, 6.07) is 16.0. The van der Waals surface area contributed by atoms with Gasteiger partial charge in [-0.3, -0.25) is 0 Å². The standard InChI is InChI=1S/C11H14O3.C8H10O/c1-2-3-8-14-11(13)9-4-6-10(12)7-5-9;9-7-6-8-4-2-1-3-5-8/h4-7,12H,2-3,8H2,1H3;1-5,9H,6-7H2. The van der Waals surface area contributed by atoms with Crippen molar-refractivity contribution < 1.29 is 19.7 Å². The molecule has 0 amide bonds. The van der Waals surface area contributed by atoms with E-state index in [0.29, 0.717) is 12.2 Å². The zero-order valence-corrected chi connectivity index (χ0v) is 13.4. The van der Waals surface area contributed by atoms with Crippen LogP contribution in [0.4, 0.5) is 0 Å². The number of carbonyl (C=O) groups is 1. The van der Waals surface area contributed by atoms with Crippen LogP contribution < -0.4 is 0 Å². The Labute approximate surface area is 137 Å². The van der Waals surface area contributed by atoms with Gasteiger partial charge in [0.05, 0.1) is 12.2 Å². The number of phenols is 1. The van der Waals surface area contributed by atoms with Crippen LogP contribution in [0, 0.1) is 0 Å². The van der Waals surface area contributed by atoms with Gasteiger partial charge in [-0.05, 0) is 42.7 Å². The number of esters is 1.